The zero-order chi connectivity index (χ0) is 24.4. The second-order valence-corrected chi connectivity index (χ2v) is 7.74. The number of halogens is 2. The summed E-state index contributed by atoms with van der Waals surface area (Å²) >= 11 is 0. The zero-order valence-corrected chi connectivity index (χ0v) is 19.5. The van der Waals surface area contributed by atoms with E-state index in [2.05, 4.69) is 19.9 Å². The molecule has 0 saturated heterocycles. The Hall–Kier alpha value is -3.49. The van der Waals surface area contributed by atoms with E-state index in [1.54, 1.807) is 19.1 Å². The van der Waals surface area contributed by atoms with Crippen molar-refractivity contribution < 1.29 is 13.5 Å². The Bertz CT molecular complexity index is 1130. The van der Waals surface area contributed by atoms with E-state index in [4.69, 9.17) is 10.5 Å². The minimum absolute atomic E-state index is 0.139. The van der Waals surface area contributed by atoms with Crippen LogP contribution in [0.15, 0.2) is 72.4 Å². The van der Waals surface area contributed by atoms with Gasteiger partial charge in [0.2, 0.25) is 0 Å². The van der Waals surface area contributed by atoms with E-state index < -0.39 is 17.7 Å². The first-order valence-corrected chi connectivity index (χ1v) is 10.9. The van der Waals surface area contributed by atoms with E-state index in [0.29, 0.717) is 11.1 Å². The number of nitrogens with zero attached hydrogens (tertiary/aromatic N) is 1. The fourth-order valence-electron chi connectivity index (χ4n) is 3.34. The molecule has 2 N–H and O–H groups in total. The van der Waals surface area contributed by atoms with Crippen LogP contribution in [0.3, 0.4) is 0 Å². The van der Waals surface area contributed by atoms with Gasteiger partial charge in [0.1, 0.15) is 17.7 Å². The van der Waals surface area contributed by atoms with Crippen LogP contribution < -0.4 is 5.73 Å². The van der Waals surface area contributed by atoms with Crippen molar-refractivity contribution in [3.63, 3.8) is 0 Å². The third kappa shape index (κ3) is 6.50. The molecular weight excluding hydrogens is 418 g/mol. The summed E-state index contributed by atoms with van der Waals surface area (Å²) in [5.74, 6) is -1.33. The molecule has 1 atom stereocenters. The molecule has 0 saturated carbocycles. The van der Waals surface area contributed by atoms with Crippen LogP contribution in [-0.2, 0) is 11.3 Å². The Morgan fingerprint density at radius 3 is 2.24 bits per heavy atom. The molecule has 0 heterocycles. The van der Waals surface area contributed by atoms with Gasteiger partial charge in [-0.1, -0.05) is 56.7 Å². The number of nitriles is 1. The average Bonchev–Trinajstić information content (AvgIpc) is 2.81. The van der Waals surface area contributed by atoms with Crippen molar-refractivity contribution in [2.24, 2.45) is 5.73 Å². The highest BCUT2D eigenvalue weighted by Crippen LogP contribution is 2.33. The van der Waals surface area contributed by atoms with Crippen LogP contribution in [-0.4, -0.2) is 0 Å². The number of ether oxygens (including phenoxy) is 1. The maximum absolute atomic E-state index is 14.0. The summed E-state index contributed by atoms with van der Waals surface area (Å²) in [4.78, 5) is 0. The van der Waals surface area contributed by atoms with Crippen LogP contribution in [0.25, 0.3) is 11.1 Å². The molecule has 5 heteroatoms. The van der Waals surface area contributed by atoms with Crippen LogP contribution in [0.1, 0.15) is 55.5 Å². The monoisotopic (exact) mass is 448 g/mol. The van der Waals surface area contributed by atoms with Crippen LogP contribution in [0.4, 0.5) is 8.78 Å². The second kappa shape index (κ2) is 12.5. The fraction of sp³-hybridized carbons (Fsp3) is 0.250. The molecule has 3 rings (SSSR count). The van der Waals surface area contributed by atoms with Crippen molar-refractivity contribution in [1.82, 2.24) is 0 Å². The highest BCUT2D eigenvalue weighted by atomic mass is 19.1. The minimum Gasteiger partial charge on any atom is -0.405 e. The van der Waals surface area contributed by atoms with Crippen molar-refractivity contribution in [3.05, 3.63) is 106 Å². The number of nitrogens with two attached hydrogens (primary N) is 1. The third-order valence-electron chi connectivity index (χ3n) is 5.03. The summed E-state index contributed by atoms with van der Waals surface area (Å²) in [6.45, 7) is 7.76. The molecule has 0 aliphatic heterocycles. The molecule has 172 valence electrons. The normalized spacial score (nSPS) is 11.8. The maximum Gasteiger partial charge on any atom is 0.131 e. The van der Waals surface area contributed by atoms with Gasteiger partial charge in [-0.2, -0.15) is 5.26 Å². The Balaban J connectivity index is 0.00000122. The number of hydrogen-bond acceptors (Lipinski definition) is 3. The van der Waals surface area contributed by atoms with Gasteiger partial charge < -0.3 is 10.5 Å². The van der Waals surface area contributed by atoms with Crippen LogP contribution in [0, 0.1) is 29.9 Å². The summed E-state index contributed by atoms with van der Waals surface area (Å²) in [7, 11) is 0. The van der Waals surface area contributed by atoms with Gasteiger partial charge in [-0.05, 0) is 66.6 Å². The van der Waals surface area contributed by atoms with Crippen molar-refractivity contribution >= 4 is 0 Å². The molecule has 3 aromatic rings. The number of benzene rings is 3. The third-order valence-corrected chi connectivity index (χ3v) is 5.03. The molecular formula is C28H30F2N2O. The van der Waals surface area contributed by atoms with E-state index in [9.17, 15) is 14.0 Å². The van der Waals surface area contributed by atoms with Gasteiger partial charge in [0.15, 0.2) is 0 Å². The molecule has 0 bridgehead atoms. The summed E-state index contributed by atoms with van der Waals surface area (Å²) in [6.07, 6.45) is 2.04. The van der Waals surface area contributed by atoms with Crippen LogP contribution >= 0.6 is 0 Å². The first-order chi connectivity index (χ1) is 15.9. The molecule has 0 fully saturated rings. The first kappa shape index (κ1) is 25.8. The molecule has 33 heavy (non-hydrogen) atoms. The molecule has 3 aromatic carbocycles. The highest BCUT2D eigenvalue weighted by Gasteiger charge is 2.19. The molecule has 0 aliphatic carbocycles. The topological polar surface area (TPSA) is 59.0 Å². The summed E-state index contributed by atoms with van der Waals surface area (Å²) in [5.41, 5.74) is 10.3. The average molecular weight is 449 g/mol. The zero-order valence-electron chi connectivity index (χ0n) is 19.5. The lowest BCUT2D eigenvalue weighted by Gasteiger charge is -2.21. The first-order valence-electron chi connectivity index (χ1n) is 10.9. The highest BCUT2D eigenvalue weighted by molar-refractivity contribution is 5.74. The Kier molecular flexibility index (Phi) is 9.78. The Morgan fingerprint density at radius 2 is 1.67 bits per heavy atom. The largest absolute Gasteiger partial charge is 0.405 e. The van der Waals surface area contributed by atoms with E-state index >= 15 is 0 Å². The molecule has 0 aliphatic rings. The molecule has 1 unspecified atom stereocenters. The smallest absolute Gasteiger partial charge is 0.131 e. The Labute approximate surface area is 195 Å². The summed E-state index contributed by atoms with van der Waals surface area (Å²) in [6, 6.07) is 19.1. The van der Waals surface area contributed by atoms with Crippen molar-refractivity contribution in [2.45, 2.75) is 46.8 Å². The number of hydrogen-bond donors (Lipinski definition) is 1. The van der Waals surface area contributed by atoms with Gasteiger partial charge in [0.25, 0.3) is 0 Å². The van der Waals surface area contributed by atoms with E-state index in [1.807, 2.05) is 37.3 Å². The lowest BCUT2D eigenvalue weighted by molar-refractivity contribution is 0.0601. The van der Waals surface area contributed by atoms with E-state index in [1.165, 1.54) is 30.8 Å². The summed E-state index contributed by atoms with van der Waals surface area (Å²) in [5, 5.41) is 9.57. The maximum atomic E-state index is 14.0. The number of aryl methyl sites for hydroxylation is 1. The molecule has 3 nitrogen and oxygen atoms in total. The standard InChI is InChI=1S/C25H22F2N2O.C3H8/c1-16-6-3-4-7-20(16)21-12-18(10-11-19(21)14-29)25(17(2)13-28)30-15-22-23(26)8-5-9-24(22)27;1-3-2/h3-13,25H,15,28H2,1-2H3;3H2,1-2H3/b17-13+;. The predicted molar refractivity (Wildman–Crippen MR) is 129 cm³/mol. The van der Waals surface area contributed by atoms with Crippen molar-refractivity contribution in [1.29, 1.82) is 5.26 Å². The summed E-state index contributed by atoms with van der Waals surface area (Å²) < 4.78 is 34.0. The molecule has 0 aromatic heterocycles. The Morgan fingerprint density at radius 1 is 1.03 bits per heavy atom. The predicted octanol–water partition coefficient (Wildman–Crippen LogP) is 7.35. The van der Waals surface area contributed by atoms with Gasteiger partial charge >= 0.3 is 0 Å². The van der Waals surface area contributed by atoms with Gasteiger partial charge in [-0.15, -0.1) is 0 Å². The lowest BCUT2D eigenvalue weighted by atomic mass is 9.92. The van der Waals surface area contributed by atoms with Crippen molar-refractivity contribution in [3.8, 4) is 17.2 Å². The molecule has 0 radical (unpaired) electrons. The van der Waals surface area contributed by atoms with Gasteiger partial charge in [0, 0.05) is 11.1 Å². The van der Waals surface area contributed by atoms with Gasteiger partial charge in [-0.3, -0.25) is 0 Å². The van der Waals surface area contributed by atoms with Crippen LogP contribution in [0.2, 0.25) is 0 Å². The van der Waals surface area contributed by atoms with Gasteiger partial charge in [0.05, 0.1) is 18.2 Å². The number of rotatable bonds is 6. The lowest BCUT2D eigenvalue weighted by Crippen LogP contribution is -2.10. The van der Waals surface area contributed by atoms with Gasteiger partial charge in [-0.25, -0.2) is 8.78 Å². The molecule has 0 spiro atoms. The molecule has 0 amide bonds. The SMILES string of the molecule is C/C(=C\N)C(OCc1c(F)cccc1F)c1ccc(C#N)c(-c2ccccc2C)c1.CCC. The quantitative estimate of drug-likeness (QED) is 0.429. The fourth-order valence-corrected chi connectivity index (χ4v) is 3.34. The van der Waals surface area contributed by atoms with Crippen LogP contribution in [0.5, 0.6) is 0 Å². The second-order valence-electron chi connectivity index (χ2n) is 7.74. The van der Waals surface area contributed by atoms with E-state index in [-0.39, 0.29) is 12.2 Å². The van der Waals surface area contributed by atoms with E-state index in [0.717, 1.165) is 22.3 Å². The van der Waals surface area contributed by atoms with Crippen molar-refractivity contribution in [2.75, 3.05) is 0 Å². The minimum atomic E-state index is -0.663.